The molecule has 2 heterocycles. The lowest BCUT2D eigenvalue weighted by atomic mass is 9.82. The Morgan fingerprint density at radius 2 is 1.91 bits per heavy atom. The van der Waals surface area contributed by atoms with Crippen molar-refractivity contribution < 1.29 is 9.53 Å². The van der Waals surface area contributed by atoms with Gasteiger partial charge in [0.15, 0.2) is 0 Å². The molecule has 0 aromatic rings. The molecule has 4 nitrogen and oxygen atoms in total. The van der Waals surface area contributed by atoms with E-state index in [1.165, 1.54) is 51.4 Å². The molecule has 0 aromatic carbocycles. The second-order valence-electron chi connectivity index (χ2n) is 8.11. The van der Waals surface area contributed by atoms with E-state index in [1.54, 1.807) is 0 Å². The standard InChI is InChI=1S/C19H34N2O2/c1-2-23-10-9-19(7-3-4-8-19)14-20-18(22)13-15-11-16-5-6-17(12-15)21-16/h15-17,21H,2-14H2,1H3,(H,20,22). The summed E-state index contributed by atoms with van der Waals surface area (Å²) in [5.74, 6) is 0.871. The first-order valence-corrected chi connectivity index (χ1v) is 9.79. The summed E-state index contributed by atoms with van der Waals surface area (Å²) in [7, 11) is 0. The van der Waals surface area contributed by atoms with Gasteiger partial charge in [0, 0.05) is 38.3 Å². The number of fused-ring (bicyclic) bond motifs is 2. The number of nitrogens with one attached hydrogen (secondary N) is 2. The summed E-state index contributed by atoms with van der Waals surface area (Å²) in [6.07, 6.45) is 11.9. The van der Waals surface area contributed by atoms with Crippen LogP contribution in [0.15, 0.2) is 0 Å². The third-order valence-corrected chi connectivity index (χ3v) is 6.35. The summed E-state index contributed by atoms with van der Waals surface area (Å²) >= 11 is 0. The molecule has 3 rings (SSSR count). The van der Waals surface area contributed by atoms with Crippen LogP contribution < -0.4 is 10.6 Å². The Morgan fingerprint density at radius 3 is 2.57 bits per heavy atom. The molecule has 3 aliphatic rings. The number of ether oxygens (including phenoxy) is 1. The summed E-state index contributed by atoms with van der Waals surface area (Å²) in [6, 6.07) is 1.36. The lowest BCUT2D eigenvalue weighted by Gasteiger charge is -2.31. The molecule has 2 bridgehead atoms. The number of rotatable bonds is 8. The molecule has 1 saturated carbocycles. The minimum absolute atomic E-state index is 0.277. The highest BCUT2D eigenvalue weighted by atomic mass is 16.5. The minimum atomic E-state index is 0.277. The van der Waals surface area contributed by atoms with Crippen molar-refractivity contribution in [1.82, 2.24) is 10.6 Å². The highest BCUT2D eigenvalue weighted by Gasteiger charge is 2.36. The van der Waals surface area contributed by atoms with E-state index < -0.39 is 0 Å². The van der Waals surface area contributed by atoms with Gasteiger partial charge in [-0.2, -0.15) is 0 Å². The predicted molar refractivity (Wildman–Crippen MR) is 92.3 cm³/mol. The number of piperidine rings is 1. The predicted octanol–water partition coefficient (Wildman–Crippen LogP) is 3.01. The van der Waals surface area contributed by atoms with Crippen LogP contribution in [0.4, 0.5) is 0 Å². The van der Waals surface area contributed by atoms with E-state index in [0.717, 1.165) is 32.6 Å². The van der Waals surface area contributed by atoms with Gasteiger partial charge in [-0.1, -0.05) is 12.8 Å². The molecule has 23 heavy (non-hydrogen) atoms. The zero-order valence-corrected chi connectivity index (χ0v) is 14.7. The molecule has 2 unspecified atom stereocenters. The largest absolute Gasteiger partial charge is 0.382 e. The number of carbonyl (C=O) groups is 1. The van der Waals surface area contributed by atoms with Crippen LogP contribution in [0.5, 0.6) is 0 Å². The van der Waals surface area contributed by atoms with Crippen molar-refractivity contribution in [3.05, 3.63) is 0 Å². The van der Waals surface area contributed by atoms with E-state index >= 15 is 0 Å². The van der Waals surface area contributed by atoms with Crippen LogP contribution in [0.2, 0.25) is 0 Å². The van der Waals surface area contributed by atoms with Crippen molar-refractivity contribution in [3.63, 3.8) is 0 Å². The van der Waals surface area contributed by atoms with Crippen molar-refractivity contribution in [2.45, 2.75) is 83.2 Å². The van der Waals surface area contributed by atoms with Gasteiger partial charge in [-0.15, -0.1) is 0 Å². The normalized spacial score (nSPS) is 32.1. The van der Waals surface area contributed by atoms with Gasteiger partial charge in [-0.25, -0.2) is 0 Å². The first-order chi connectivity index (χ1) is 11.2. The van der Waals surface area contributed by atoms with Gasteiger partial charge in [0.2, 0.25) is 5.91 Å². The molecule has 1 aliphatic carbocycles. The first-order valence-electron chi connectivity index (χ1n) is 9.79. The molecule has 0 spiro atoms. The number of hydrogen-bond donors (Lipinski definition) is 2. The maximum absolute atomic E-state index is 12.4. The summed E-state index contributed by atoms with van der Waals surface area (Å²) in [4.78, 5) is 12.4. The molecular weight excluding hydrogens is 288 g/mol. The van der Waals surface area contributed by atoms with E-state index in [0.29, 0.717) is 23.4 Å². The SMILES string of the molecule is CCOCCC1(CNC(=O)CC2CC3CCC(C2)N3)CCCC1. The van der Waals surface area contributed by atoms with Crippen LogP contribution in [0.1, 0.15) is 71.1 Å². The average molecular weight is 322 g/mol. The molecule has 0 radical (unpaired) electrons. The van der Waals surface area contributed by atoms with E-state index in [2.05, 4.69) is 17.6 Å². The molecule has 1 amide bonds. The molecule has 2 N–H and O–H groups in total. The second kappa shape index (κ2) is 7.98. The molecule has 132 valence electrons. The summed E-state index contributed by atoms with van der Waals surface area (Å²) < 4.78 is 5.56. The van der Waals surface area contributed by atoms with Crippen LogP contribution in [-0.2, 0) is 9.53 Å². The van der Waals surface area contributed by atoms with Gasteiger partial charge in [-0.3, -0.25) is 4.79 Å². The maximum atomic E-state index is 12.4. The van der Waals surface area contributed by atoms with Gasteiger partial charge in [0.1, 0.15) is 0 Å². The van der Waals surface area contributed by atoms with Crippen molar-refractivity contribution in [2.75, 3.05) is 19.8 Å². The Hall–Kier alpha value is -0.610. The van der Waals surface area contributed by atoms with Gasteiger partial charge in [0.05, 0.1) is 0 Å². The lowest BCUT2D eigenvalue weighted by Crippen LogP contribution is -2.41. The Morgan fingerprint density at radius 1 is 1.22 bits per heavy atom. The Labute approximate surface area is 141 Å². The third-order valence-electron chi connectivity index (χ3n) is 6.35. The van der Waals surface area contributed by atoms with E-state index in [4.69, 9.17) is 4.74 Å². The Kier molecular flexibility index (Phi) is 5.97. The first kappa shape index (κ1) is 17.2. The minimum Gasteiger partial charge on any atom is -0.382 e. The molecular formula is C19H34N2O2. The third kappa shape index (κ3) is 4.69. The van der Waals surface area contributed by atoms with Crippen molar-refractivity contribution >= 4 is 5.91 Å². The average Bonchev–Trinajstić information content (AvgIpc) is 3.13. The van der Waals surface area contributed by atoms with E-state index in [9.17, 15) is 4.79 Å². The maximum Gasteiger partial charge on any atom is 0.220 e. The van der Waals surface area contributed by atoms with Crippen LogP contribution in [-0.4, -0.2) is 37.7 Å². The Balaban J connectivity index is 1.41. The number of hydrogen-bond acceptors (Lipinski definition) is 3. The highest BCUT2D eigenvalue weighted by molar-refractivity contribution is 5.76. The molecule has 0 aromatic heterocycles. The molecule has 2 saturated heterocycles. The quantitative estimate of drug-likeness (QED) is 0.675. The molecule has 2 aliphatic heterocycles. The van der Waals surface area contributed by atoms with Crippen LogP contribution >= 0.6 is 0 Å². The fraction of sp³-hybridized carbons (Fsp3) is 0.947. The molecule has 4 heteroatoms. The number of carbonyl (C=O) groups excluding carboxylic acids is 1. The second-order valence-corrected chi connectivity index (χ2v) is 8.11. The topological polar surface area (TPSA) is 50.4 Å². The van der Waals surface area contributed by atoms with Gasteiger partial charge < -0.3 is 15.4 Å². The van der Waals surface area contributed by atoms with Crippen molar-refractivity contribution in [2.24, 2.45) is 11.3 Å². The zero-order valence-electron chi connectivity index (χ0n) is 14.7. The zero-order chi connectivity index (χ0) is 16.1. The van der Waals surface area contributed by atoms with Crippen molar-refractivity contribution in [1.29, 1.82) is 0 Å². The fourth-order valence-corrected chi connectivity index (χ4v) is 5.04. The summed E-state index contributed by atoms with van der Waals surface area (Å²) in [6.45, 7) is 4.54. The highest BCUT2D eigenvalue weighted by Crippen LogP contribution is 2.40. The Bertz CT molecular complexity index is 381. The smallest absolute Gasteiger partial charge is 0.220 e. The van der Waals surface area contributed by atoms with Crippen LogP contribution in [0, 0.1) is 11.3 Å². The lowest BCUT2D eigenvalue weighted by molar-refractivity contribution is -0.122. The monoisotopic (exact) mass is 322 g/mol. The fourth-order valence-electron chi connectivity index (χ4n) is 5.04. The van der Waals surface area contributed by atoms with Gasteiger partial charge in [-0.05, 0) is 63.2 Å². The van der Waals surface area contributed by atoms with E-state index in [-0.39, 0.29) is 5.91 Å². The molecule has 3 fully saturated rings. The number of amides is 1. The van der Waals surface area contributed by atoms with Crippen LogP contribution in [0.3, 0.4) is 0 Å². The van der Waals surface area contributed by atoms with Gasteiger partial charge in [0.25, 0.3) is 0 Å². The summed E-state index contributed by atoms with van der Waals surface area (Å²) in [5.41, 5.74) is 0.304. The molecule has 2 atom stereocenters. The van der Waals surface area contributed by atoms with Crippen LogP contribution in [0.25, 0.3) is 0 Å². The summed E-state index contributed by atoms with van der Waals surface area (Å²) in [5, 5.41) is 6.93. The van der Waals surface area contributed by atoms with Crippen molar-refractivity contribution in [3.8, 4) is 0 Å². The van der Waals surface area contributed by atoms with E-state index in [1.807, 2.05) is 0 Å². The van der Waals surface area contributed by atoms with Gasteiger partial charge >= 0.3 is 0 Å².